The van der Waals surface area contributed by atoms with Gasteiger partial charge in [-0.1, -0.05) is 12.0 Å². The average molecular weight is 364 g/mol. The third kappa shape index (κ3) is 3.28. The molecule has 0 bridgehead atoms. The fourth-order valence-corrected chi connectivity index (χ4v) is 3.08. The Morgan fingerprint density at radius 2 is 2.15 bits per heavy atom. The molecule has 8 heteroatoms. The molecule has 136 valence electrons. The van der Waals surface area contributed by atoms with Crippen LogP contribution in [0.15, 0.2) is 48.2 Å². The Morgan fingerprint density at radius 3 is 2.89 bits per heavy atom. The summed E-state index contributed by atoms with van der Waals surface area (Å²) in [5.74, 6) is 6.42. The minimum absolute atomic E-state index is 0.0192. The molecule has 0 radical (unpaired) electrons. The van der Waals surface area contributed by atoms with Crippen LogP contribution in [0.2, 0.25) is 0 Å². The zero-order valence-corrected chi connectivity index (χ0v) is 14.5. The number of anilines is 1. The number of hydrogen-bond donors (Lipinski definition) is 2. The quantitative estimate of drug-likeness (QED) is 0.478. The number of phenols is 1. The number of nitro groups is 1. The number of rotatable bonds is 2. The van der Waals surface area contributed by atoms with Gasteiger partial charge in [-0.15, -0.1) is 0 Å². The molecule has 0 unspecified atom stereocenters. The Hall–Kier alpha value is -3.57. The summed E-state index contributed by atoms with van der Waals surface area (Å²) in [5, 5.41) is 20.7. The molecule has 0 atom stereocenters. The first-order chi connectivity index (χ1) is 12.9. The summed E-state index contributed by atoms with van der Waals surface area (Å²) in [6.07, 6.45) is 1.88. The fraction of sp³-hybridized carbons (Fsp3) is 0.211. The highest BCUT2D eigenvalue weighted by molar-refractivity contribution is 5.61. The normalized spacial score (nSPS) is 16.8. The molecule has 1 fully saturated rings. The maximum absolute atomic E-state index is 11.2. The Morgan fingerprint density at radius 1 is 1.33 bits per heavy atom. The van der Waals surface area contributed by atoms with Gasteiger partial charge in [-0.2, -0.15) is 0 Å². The van der Waals surface area contributed by atoms with E-state index in [2.05, 4.69) is 22.3 Å². The number of aryl methyl sites for hydroxylation is 1. The van der Waals surface area contributed by atoms with Gasteiger partial charge in [0.2, 0.25) is 5.82 Å². The standard InChI is InChI=1S/C19H16N4O4/c1-13-5-8-17(23(25)26)18(20-13)22-11-19(12-22)10-15(21-27-19)7-6-14-3-2-4-16(24)9-14/h2-5,8-10,21,24H,11-12H2,1H3. The number of hydrogen-bond acceptors (Lipinski definition) is 7. The van der Waals surface area contributed by atoms with Crippen LogP contribution in [-0.2, 0) is 4.84 Å². The molecule has 1 aromatic carbocycles. The Balaban J connectivity index is 1.50. The summed E-state index contributed by atoms with van der Waals surface area (Å²) in [7, 11) is 0. The topological polar surface area (TPSA) is 101 Å². The van der Waals surface area contributed by atoms with Gasteiger partial charge in [0, 0.05) is 17.3 Å². The van der Waals surface area contributed by atoms with E-state index in [1.54, 1.807) is 37.3 Å². The molecule has 2 aromatic rings. The van der Waals surface area contributed by atoms with Gasteiger partial charge in [0.15, 0.2) is 5.60 Å². The molecule has 3 heterocycles. The van der Waals surface area contributed by atoms with Crippen LogP contribution < -0.4 is 10.4 Å². The van der Waals surface area contributed by atoms with Crippen LogP contribution >= 0.6 is 0 Å². The van der Waals surface area contributed by atoms with Crippen molar-refractivity contribution < 1.29 is 14.9 Å². The van der Waals surface area contributed by atoms with E-state index in [0.29, 0.717) is 30.2 Å². The maximum atomic E-state index is 11.2. The molecular formula is C19H16N4O4. The molecule has 27 heavy (non-hydrogen) atoms. The van der Waals surface area contributed by atoms with Crippen molar-refractivity contribution in [3.05, 3.63) is 69.5 Å². The second-order valence-electron chi connectivity index (χ2n) is 6.54. The van der Waals surface area contributed by atoms with E-state index in [1.165, 1.54) is 6.07 Å². The van der Waals surface area contributed by atoms with Crippen molar-refractivity contribution in [3.8, 4) is 17.6 Å². The Bertz CT molecular complexity index is 1020. The number of benzene rings is 1. The van der Waals surface area contributed by atoms with E-state index in [4.69, 9.17) is 4.84 Å². The summed E-state index contributed by atoms with van der Waals surface area (Å²) in [4.78, 5) is 22.6. The van der Waals surface area contributed by atoms with Crippen molar-refractivity contribution in [2.45, 2.75) is 12.5 Å². The summed E-state index contributed by atoms with van der Waals surface area (Å²) in [6, 6.07) is 9.77. The predicted molar refractivity (Wildman–Crippen MR) is 97.9 cm³/mol. The molecule has 0 aliphatic carbocycles. The number of phenolic OH excluding ortho intramolecular Hbond substituents is 1. The predicted octanol–water partition coefficient (Wildman–Crippen LogP) is 2.03. The third-order valence-electron chi connectivity index (χ3n) is 4.37. The van der Waals surface area contributed by atoms with Gasteiger partial charge >= 0.3 is 5.69 Å². The van der Waals surface area contributed by atoms with Gasteiger partial charge in [-0.25, -0.2) is 4.98 Å². The lowest BCUT2D eigenvalue weighted by atomic mass is 9.93. The van der Waals surface area contributed by atoms with E-state index >= 15 is 0 Å². The fourth-order valence-electron chi connectivity index (χ4n) is 3.08. The van der Waals surface area contributed by atoms with Crippen molar-refractivity contribution in [1.29, 1.82) is 0 Å². The number of pyridine rings is 1. The van der Waals surface area contributed by atoms with Crippen molar-refractivity contribution >= 4 is 11.5 Å². The molecule has 8 nitrogen and oxygen atoms in total. The number of hydroxylamine groups is 1. The highest BCUT2D eigenvalue weighted by Gasteiger charge is 2.48. The molecule has 0 amide bonds. The van der Waals surface area contributed by atoms with E-state index in [0.717, 1.165) is 5.69 Å². The zero-order chi connectivity index (χ0) is 19.0. The number of aromatic nitrogens is 1. The lowest BCUT2D eigenvalue weighted by Gasteiger charge is -2.45. The van der Waals surface area contributed by atoms with Crippen LogP contribution in [0.3, 0.4) is 0 Å². The van der Waals surface area contributed by atoms with Crippen LogP contribution in [0.25, 0.3) is 0 Å². The van der Waals surface area contributed by atoms with Crippen LogP contribution in [0.4, 0.5) is 11.5 Å². The average Bonchev–Trinajstić information content (AvgIpc) is 3.03. The Kier molecular flexibility index (Phi) is 3.94. The van der Waals surface area contributed by atoms with Crippen LogP contribution in [0.5, 0.6) is 5.75 Å². The van der Waals surface area contributed by atoms with Gasteiger partial charge in [-0.05, 0) is 43.2 Å². The summed E-state index contributed by atoms with van der Waals surface area (Å²) in [5.41, 5.74) is 4.22. The second-order valence-corrected chi connectivity index (χ2v) is 6.54. The number of allylic oxidation sites excluding steroid dienone is 1. The summed E-state index contributed by atoms with van der Waals surface area (Å²) >= 11 is 0. The molecule has 2 N–H and O–H groups in total. The van der Waals surface area contributed by atoms with Crippen LogP contribution in [0, 0.1) is 28.9 Å². The largest absolute Gasteiger partial charge is 0.508 e. The van der Waals surface area contributed by atoms with Crippen LogP contribution in [0.1, 0.15) is 11.3 Å². The first kappa shape index (κ1) is 16.9. The van der Waals surface area contributed by atoms with Crippen molar-refractivity contribution in [1.82, 2.24) is 10.5 Å². The molecular weight excluding hydrogens is 348 g/mol. The van der Waals surface area contributed by atoms with Crippen molar-refractivity contribution in [2.24, 2.45) is 0 Å². The smallest absolute Gasteiger partial charge is 0.311 e. The minimum atomic E-state index is -0.581. The van der Waals surface area contributed by atoms with Gasteiger partial charge < -0.3 is 10.0 Å². The maximum Gasteiger partial charge on any atom is 0.311 e. The number of nitrogens with zero attached hydrogens (tertiary/aromatic N) is 3. The Labute approximate surface area is 155 Å². The van der Waals surface area contributed by atoms with E-state index in [1.807, 2.05) is 11.0 Å². The van der Waals surface area contributed by atoms with Gasteiger partial charge in [0.05, 0.1) is 18.0 Å². The van der Waals surface area contributed by atoms with Gasteiger partial charge in [0.1, 0.15) is 11.4 Å². The number of nitrogens with one attached hydrogen (secondary N) is 1. The molecule has 1 saturated heterocycles. The molecule has 1 aromatic heterocycles. The van der Waals surface area contributed by atoms with Crippen molar-refractivity contribution in [2.75, 3.05) is 18.0 Å². The SMILES string of the molecule is Cc1ccc([N+](=O)[O-])c(N2CC3(C=C(C#Cc4cccc(O)c4)NO3)C2)n1. The zero-order valence-electron chi connectivity index (χ0n) is 14.5. The molecule has 0 saturated carbocycles. The van der Waals surface area contributed by atoms with E-state index in [-0.39, 0.29) is 11.4 Å². The molecule has 4 rings (SSSR count). The first-order valence-electron chi connectivity index (χ1n) is 8.29. The highest BCUT2D eigenvalue weighted by Crippen LogP contribution is 2.37. The lowest BCUT2D eigenvalue weighted by molar-refractivity contribution is -0.384. The monoisotopic (exact) mass is 364 g/mol. The van der Waals surface area contributed by atoms with Crippen molar-refractivity contribution in [3.63, 3.8) is 0 Å². The van der Waals surface area contributed by atoms with Gasteiger partial charge in [-0.3, -0.25) is 20.4 Å². The lowest BCUT2D eigenvalue weighted by Crippen LogP contribution is -2.62. The molecule has 2 aliphatic heterocycles. The van der Waals surface area contributed by atoms with E-state index in [9.17, 15) is 15.2 Å². The minimum Gasteiger partial charge on any atom is -0.508 e. The molecule has 1 spiro atoms. The number of aromatic hydroxyl groups is 1. The first-order valence-corrected chi connectivity index (χ1v) is 8.29. The molecule has 2 aliphatic rings. The van der Waals surface area contributed by atoms with Gasteiger partial charge in [0.25, 0.3) is 0 Å². The second kappa shape index (κ2) is 6.30. The highest BCUT2D eigenvalue weighted by atomic mass is 16.7. The van der Waals surface area contributed by atoms with E-state index < -0.39 is 10.5 Å². The third-order valence-corrected chi connectivity index (χ3v) is 4.37. The summed E-state index contributed by atoms with van der Waals surface area (Å²) < 4.78 is 0. The van der Waals surface area contributed by atoms with Crippen LogP contribution in [-0.4, -0.2) is 33.7 Å². The summed E-state index contributed by atoms with van der Waals surface area (Å²) in [6.45, 7) is 2.68.